The predicted molar refractivity (Wildman–Crippen MR) is 73.8 cm³/mol. The highest BCUT2D eigenvalue weighted by Crippen LogP contribution is 2.53. The number of rotatable bonds is 4. The van der Waals surface area contributed by atoms with Gasteiger partial charge in [0.25, 0.3) is 5.91 Å². The lowest BCUT2D eigenvalue weighted by atomic mass is 9.88. The molecule has 1 aliphatic carbocycles. The highest BCUT2D eigenvalue weighted by Gasteiger charge is 2.53. The number of hydrogen-bond acceptors (Lipinski definition) is 5. The molecule has 0 atom stereocenters. The first-order chi connectivity index (χ1) is 10.1. The van der Waals surface area contributed by atoms with Gasteiger partial charge in [-0.15, -0.1) is 0 Å². The normalized spacial score (nSPS) is 19.5. The zero-order chi connectivity index (χ0) is 15.0. The van der Waals surface area contributed by atoms with Gasteiger partial charge in [-0.25, -0.2) is 0 Å². The average Bonchev–Trinajstić information content (AvgIpc) is 3.17. The van der Waals surface area contributed by atoms with Crippen molar-refractivity contribution in [3.63, 3.8) is 0 Å². The third-order valence-corrected chi connectivity index (χ3v) is 4.48. The molecule has 2 fully saturated rings. The Morgan fingerprint density at radius 1 is 1.38 bits per heavy atom. The van der Waals surface area contributed by atoms with E-state index in [4.69, 9.17) is 9.47 Å². The van der Waals surface area contributed by atoms with Gasteiger partial charge < -0.3 is 9.47 Å². The lowest BCUT2D eigenvalue weighted by molar-refractivity contribution is -0.120. The Labute approximate surface area is 123 Å². The van der Waals surface area contributed by atoms with Gasteiger partial charge in [-0.2, -0.15) is 8.42 Å². The summed E-state index contributed by atoms with van der Waals surface area (Å²) in [5, 5.41) is 0. The van der Waals surface area contributed by atoms with E-state index < -0.39 is 21.8 Å². The van der Waals surface area contributed by atoms with Gasteiger partial charge in [0.1, 0.15) is 5.75 Å². The molecule has 1 saturated carbocycles. The zero-order valence-electron chi connectivity index (χ0n) is 11.5. The van der Waals surface area contributed by atoms with E-state index in [1.807, 2.05) is 18.2 Å². The smallest absolute Gasteiger partial charge is 0.319 e. The van der Waals surface area contributed by atoms with Gasteiger partial charge in [-0.05, 0) is 24.5 Å². The summed E-state index contributed by atoms with van der Waals surface area (Å²) >= 11 is 0. The molecule has 112 valence electrons. The molecule has 0 unspecified atom stereocenters. The van der Waals surface area contributed by atoms with E-state index in [9.17, 15) is 13.2 Å². The highest BCUT2D eigenvalue weighted by atomic mass is 32.2. The molecule has 1 heterocycles. The van der Waals surface area contributed by atoms with Crippen LogP contribution < -0.4 is 4.74 Å². The van der Waals surface area contributed by atoms with Crippen LogP contribution in [0, 0.1) is 0 Å². The summed E-state index contributed by atoms with van der Waals surface area (Å²) in [4.78, 5) is 12.1. The second-order valence-electron chi connectivity index (χ2n) is 5.39. The molecule has 0 bridgehead atoms. The van der Waals surface area contributed by atoms with Crippen molar-refractivity contribution in [2.75, 3.05) is 20.3 Å². The van der Waals surface area contributed by atoms with Crippen LogP contribution in [-0.4, -0.2) is 34.6 Å². The maximum absolute atomic E-state index is 12.1. The van der Waals surface area contributed by atoms with Crippen molar-refractivity contribution < 1.29 is 22.7 Å². The molecule has 6 nitrogen and oxygen atoms in total. The SMILES string of the molecule is COc1ccc(C2COC2)cc1C1(C(=O)N=S(=O)=O)CC1. The highest BCUT2D eigenvalue weighted by molar-refractivity contribution is 7.62. The van der Waals surface area contributed by atoms with Crippen LogP contribution in [-0.2, 0) is 25.4 Å². The van der Waals surface area contributed by atoms with E-state index >= 15 is 0 Å². The quantitative estimate of drug-likeness (QED) is 0.840. The molecule has 1 aliphatic heterocycles. The Morgan fingerprint density at radius 3 is 2.57 bits per heavy atom. The molecule has 1 aromatic carbocycles. The predicted octanol–water partition coefficient (Wildman–Crippen LogP) is 1.43. The fourth-order valence-electron chi connectivity index (χ4n) is 2.66. The summed E-state index contributed by atoms with van der Waals surface area (Å²) in [6.45, 7) is 1.34. The van der Waals surface area contributed by atoms with Crippen LogP contribution in [0.5, 0.6) is 5.75 Å². The van der Waals surface area contributed by atoms with Crippen LogP contribution in [0.4, 0.5) is 0 Å². The largest absolute Gasteiger partial charge is 0.496 e. The van der Waals surface area contributed by atoms with Crippen molar-refractivity contribution in [3.8, 4) is 5.75 Å². The Balaban J connectivity index is 2.03. The second-order valence-corrected chi connectivity index (χ2v) is 6.01. The van der Waals surface area contributed by atoms with E-state index in [0.29, 0.717) is 37.7 Å². The molecule has 0 aromatic heterocycles. The van der Waals surface area contributed by atoms with Crippen molar-refractivity contribution in [2.24, 2.45) is 4.36 Å². The van der Waals surface area contributed by atoms with Gasteiger partial charge in [0.2, 0.25) is 0 Å². The molecule has 1 saturated heterocycles. The van der Waals surface area contributed by atoms with E-state index in [1.165, 1.54) is 7.11 Å². The van der Waals surface area contributed by atoms with Gasteiger partial charge in [-0.3, -0.25) is 4.79 Å². The summed E-state index contributed by atoms with van der Waals surface area (Å²) < 4.78 is 35.0. The van der Waals surface area contributed by atoms with E-state index in [-0.39, 0.29) is 0 Å². The fourth-order valence-corrected chi connectivity index (χ4v) is 2.97. The fraction of sp³-hybridized carbons (Fsp3) is 0.500. The Hall–Kier alpha value is -1.73. The van der Waals surface area contributed by atoms with Crippen molar-refractivity contribution in [1.82, 2.24) is 0 Å². The van der Waals surface area contributed by atoms with Crippen molar-refractivity contribution in [3.05, 3.63) is 29.3 Å². The number of carbonyl (C=O) groups is 1. The average molecular weight is 309 g/mol. The lowest BCUT2D eigenvalue weighted by Crippen LogP contribution is -2.26. The number of carbonyl (C=O) groups excluding carboxylic acids is 1. The minimum absolute atomic E-state index is 0.325. The molecule has 7 heteroatoms. The summed E-state index contributed by atoms with van der Waals surface area (Å²) in [5.41, 5.74) is 0.972. The zero-order valence-corrected chi connectivity index (χ0v) is 12.4. The first kappa shape index (κ1) is 14.2. The molecule has 1 aromatic rings. The number of amides is 1. The molecular formula is C14H15NO5S. The van der Waals surface area contributed by atoms with Gasteiger partial charge in [-0.1, -0.05) is 16.5 Å². The number of hydrogen-bond donors (Lipinski definition) is 0. The molecule has 3 rings (SSSR count). The van der Waals surface area contributed by atoms with Crippen molar-refractivity contribution in [2.45, 2.75) is 24.2 Å². The molecule has 2 aliphatic rings. The van der Waals surface area contributed by atoms with Gasteiger partial charge in [0, 0.05) is 11.5 Å². The number of nitrogens with zero attached hydrogens (tertiary/aromatic N) is 1. The minimum atomic E-state index is -2.72. The second kappa shape index (κ2) is 5.23. The summed E-state index contributed by atoms with van der Waals surface area (Å²) in [5.74, 6) is 0.305. The molecule has 0 spiro atoms. The van der Waals surface area contributed by atoms with E-state index in [2.05, 4.69) is 4.36 Å². The molecule has 1 amide bonds. The van der Waals surface area contributed by atoms with Crippen LogP contribution in [0.25, 0.3) is 0 Å². The first-order valence-corrected chi connectivity index (χ1v) is 7.72. The van der Waals surface area contributed by atoms with E-state index in [0.717, 1.165) is 11.1 Å². The molecular weight excluding hydrogens is 294 g/mol. The Morgan fingerprint density at radius 2 is 2.10 bits per heavy atom. The summed E-state index contributed by atoms with van der Waals surface area (Å²) in [6, 6.07) is 5.71. The number of methoxy groups -OCH3 is 1. The maximum atomic E-state index is 12.1. The first-order valence-electron chi connectivity index (χ1n) is 6.68. The van der Waals surface area contributed by atoms with Crippen molar-refractivity contribution in [1.29, 1.82) is 0 Å². The van der Waals surface area contributed by atoms with Crippen LogP contribution in [0.15, 0.2) is 22.6 Å². The van der Waals surface area contributed by atoms with Gasteiger partial charge in [0.15, 0.2) is 0 Å². The molecule has 0 N–H and O–H groups in total. The number of benzene rings is 1. The lowest BCUT2D eigenvalue weighted by Gasteiger charge is -2.27. The third kappa shape index (κ3) is 2.47. The van der Waals surface area contributed by atoms with Crippen molar-refractivity contribution >= 4 is 16.4 Å². The molecule has 21 heavy (non-hydrogen) atoms. The minimum Gasteiger partial charge on any atom is -0.496 e. The standard InChI is InChI=1S/C14H15NO5S/c1-19-12-3-2-9(10-7-20-8-10)6-11(12)14(4-5-14)13(16)15-21(17)18/h2-3,6,10H,4-5,7-8H2,1H3. The number of ether oxygens (including phenoxy) is 2. The maximum Gasteiger partial charge on any atom is 0.319 e. The Bertz CT molecular complexity index is 709. The van der Waals surface area contributed by atoms with Gasteiger partial charge in [0.05, 0.1) is 25.7 Å². The summed E-state index contributed by atoms with van der Waals surface area (Å²) in [6.07, 6.45) is 1.18. The van der Waals surface area contributed by atoms with Crippen LogP contribution in [0.2, 0.25) is 0 Å². The third-order valence-electron chi connectivity index (χ3n) is 4.17. The topological polar surface area (TPSA) is 82.0 Å². The summed E-state index contributed by atoms with van der Waals surface area (Å²) in [7, 11) is -1.19. The van der Waals surface area contributed by atoms with Crippen LogP contribution in [0.1, 0.15) is 29.9 Å². The molecule has 0 radical (unpaired) electrons. The van der Waals surface area contributed by atoms with E-state index in [1.54, 1.807) is 0 Å². The Kier molecular flexibility index (Phi) is 3.54. The van der Waals surface area contributed by atoms with Crippen LogP contribution >= 0.6 is 0 Å². The van der Waals surface area contributed by atoms with Gasteiger partial charge >= 0.3 is 10.5 Å². The van der Waals surface area contributed by atoms with Crippen LogP contribution in [0.3, 0.4) is 0 Å². The monoisotopic (exact) mass is 309 g/mol.